The quantitative estimate of drug-likeness (QED) is 0.224. The molecule has 3 rings (SSSR count). The number of nitrogens with one attached hydrogen (secondary N) is 1. The van der Waals surface area contributed by atoms with E-state index in [4.69, 9.17) is 19.9 Å². The van der Waals surface area contributed by atoms with Gasteiger partial charge < -0.3 is 25.1 Å². The first-order valence-corrected chi connectivity index (χ1v) is 12.9. The molecule has 10 nitrogen and oxygen atoms in total. The van der Waals surface area contributed by atoms with Crippen molar-refractivity contribution in [3.05, 3.63) is 59.7 Å². The van der Waals surface area contributed by atoms with Crippen LogP contribution in [0.25, 0.3) is 0 Å². The smallest absolute Gasteiger partial charge is 0.308 e. The van der Waals surface area contributed by atoms with Gasteiger partial charge >= 0.3 is 5.97 Å². The topological polar surface area (TPSA) is 150 Å². The van der Waals surface area contributed by atoms with E-state index in [9.17, 15) is 19.5 Å². The Morgan fingerprint density at radius 3 is 2.38 bits per heavy atom. The first kappa shape index (κ1) is 29.6. The fourth-order valence-electron chi connectivity index (χ4n) is 4.85. The van der Waals surface area contributed by atoms with Gasteiger partial charge in [0.05, 0.1) is 39.8 Å². The number of carbonyl (C=O) groups excluding carboxylic acids is 3. The number of aliphatic hydroxyl groups is 1. The minimum absolute atomic E-state index is 0.0174. The first-order valence-electron chi connectivity index (χ1n) is 12.9. The molecule has 0 bridgehead atoms. The van der Waals surface area contributed by atoms with Crippen LogP contribution in [-0.2, 0) is 32.0 Å². The van der Waals surface area contributed by atoms with Crippen molar-refractivity contribution in [3.63, 3.8) is 0 Å². The van der Waals surface area contributed by atoms with E-state index in [2.05, 4.69) is 10.3 Å². The van der Waals surface area contributed by atoms with Gasteiger partial charge in [-0.1, -0.05) is 36.4 Å². The molecule has 2 aromatic rings. The molecule has 210 valence electrons. The highest BCUT2D eigenvalue weighted by Crippen LogP contribution is 2.33. The molecular formula is C29H37N3O7. The van der Waals surface area contributed by atoms with E-state index >= 15 is 0 Å². The number of rotatable bonds is 11. The van der Waals surface area contributed by atoms with Crippen molar-refractivity contribution in [1.82, 2.24) is 5.32 Å². The van der Waals surface area contributed by atoms with E-state index in [1.54, 1.807) is 18.2 Å². The summed E-state index contributed by atoms with van der Waals surface area (Å²) < 4.78 is 15.3. The Kier molecular flexibility index (Phi) is 10.9. The summed E-state index contributed by atoms with van der Waals surface area (Å²) >= 11 is 0. The van der Waals surface area contributed by atoms with Crippen molar-refractivity contribution < 1.29 is 33.7 Å². The zero-order chi connectivity index (χ0) is 28.4. The molecule has 4 N–H and O–H groups in total. The summed E-state index contributed by atoms with van der Waals surface area (Å²) in [6.07, 6.45) is 0.915. The van der Waals surface area contributed by atoms with Crippen molar-refractivity contribution in [2.24, 2.45) is 22.6 Å². The van der Waals surface area contributed by atoms with Crippen LogP contribution in [0.3, 0.4) is 0 Å². The number of carbonyl (C=O) groups is 3. The lowest BCUT2D eigenvalue weighted by atomic mass is 9.77. The summed E-state index contributed by atoms with van der Waals surface area (Å²) in [6.45, 7) is 0. The van der Waals surface area contributed by atoms with E-state index in [0.717, 1.165) is 5.56 Å². The lowest BCUT2D eigenvalue weighted by Gasteiger charge is -2.32. The summed E-state index contributed by atoms with van der Waals surface area (Å²) in [5, 5.41) is 13.2. The monoisotopic (exact) mass is 539 g/mol. The molecule has 0 aromatic heterocycles. The molecule has 1 fully saturated rings. The van der Waals surface area contributed by atoms with Gasteiger partial charge in [0.1, 0.15) is 6.04 Å². The molecule has 1 aliphatic carbocycles. The van der Waals surface area contributed by atoms with Crippen LogP contribution >= 0.6 is 0 Å². The van der Waals surface area contributed by atoms with Gasteiger partial charge in [-0.3, -0.25) is 19.7 Å². The molecule has 1 amide bonds. The Hall–Kier alpha value is -3.92. The van der Waals surface area contributed by atoms with Crippen molar-refractivity contribution in [2.75, 3.05) is 21.3 Å². The van der Waals surface area contributed by atoms with E-state index in [-0.39, 0.29) is 48.8 Å². The summed E-state index contributed by atoms with van der Waals surface area (Å²) in [5.74, 6) is -0.720. The molecule has 0 radical (unpaired) electrons. The summed E-state index contributed by atoms with van der Waals surface area (Å²) in [7, 11) is 4.37. The second kappa shape index (κ2) is 14.3. The fraction of sp³-hybridized carbons (Fsp3) is 0.448. The van der Waals surface area contributed by atoms with Crippen molar-refractivity contribution >= 4 is 23.6 Å². The third kappa shape index (κ3) is 8.54. The Balaban J connectivity index is 1.69. The summed E-state index contributed by atoms with van der Waals surface area (Å²) in [4.78, 5) is 42.3. The first-order chi connectivity index (χ1) is 18.7. The minimum atomic E-state index is -0.848. The molecule has 0 spiro atoms. The highest BCUT2D eigenvalue weighted by Gasteiger charge is 2.35. The van der Waals surface area contributed by atoms with Gasteiger partial charge in [-0.15, -0.1) is 0 Å². The predicted molar refractivity (Wildman–Crippen MR) is 145 cm³/mol. The number of benzene rings is 2. The maximum absolute atomic E-state index is 13.4. The van der Waals surface area contributed by atoms with Crippen molar-refractivity contribution in [2.45, 2.75) is 50.7 Å². The number of hydrogen-bond acceptors (Lipinski definition) is 8. The van der Waals surface area contributed by atoms with Gasteiger partial charge in [0.2, 0.25) is 5.91 Å². The van der Waals surface area contributed by atoms with E-state index in [1.165, 1.54) is 21.3 Å². The molecule has 4 atom stereocenters. The molecule has 0 saturated heterocycles. The second-order valence-corrected chi connectivity index (χ2v) is 9.67. The SMILES string of the molecule is COC(=O)[C@H]1CC[C@H](CC(=O)[C@@H](Cc2ccccc2)N=C(N)NC(=O)Cc2ccc(OC)c(OC)c2)[C@@H](O)C1. The standard InChI is InChI=1S/C29H37N3O7/c1-37-25-12-9-19(14-26(25)38-2)15-27(35)32-29(30)31-22(13-18-7-5-4-6-8-18)24(34)16-20-10-11-21(17-23(20)33)28(36)39-3/h4-9,12,14,20-23,33H,10-11,13,15-17H2,1-3H3,(H3,30,31,32,35)/t20-,21+,22-,23+/m1/s1. The number of Topliss-reactive ketones (excluding diaryl/α,β-unsaturated/α-hetero) is 1. The molecule has 1 aliphatic rings. The average molecular weight is 540 g/mol. The number of ether oxygens (including phenoxy) is 3. The van der Waals surface area contributed by atoms with Crippen LogP contribution in [0.15, 0.2) is 53.5 Å². The molecule has 10 heteroatoms. The van der Waals surface area contributed by atoms with Crippen molar-refractivity contribution in [3.8, 4) is 11.5 Å². The number of amides is 1. The lowest BCUT2D eigenvalue weighted by molar-refractivity contribution is -0.149. The fourth-order valence-corrected chi connectivity index (χ4v) is 4.85. The molecule has 0 aliphatic heterocycles. The van der Waals surface area contributed by atoms with Gasteiger partial charge in [0.15, 0.2) is 23.2 Å². The summed E-state index contributed by atoms with van der Waals surface area (Å²) in [5.41, 5.74) is 7.64. The van der Waals surface area contributed by atoms with Crippen LogP contribution in [0.2, 0.25) is 0 Å². The zero-order valence-electron chi connectivity index (χ0n) is 22.6. The molecular weight excluding hydrogens is 502 g/mol. The highest BCUT2D eigenvalue weighted by molar-refractivity contribution is 5.98. The molecule has 39 heavy (non-hydrogen) atoms. The van der Waals surface area contributed by atoms with Crippen molar-refractivity contribution in [1.29, 1.82) is 0 Å². The predicted octanol–water partition coefficient (Wildman–Crippen LogP) is 2.20. The second-order valence-electron chi connectivity index (χ2n) is 9.67. The Labute approximate surface area is 228 Å². The molecule has 2 aromatic carbocycles. The van der Waals surface area contributed by atoms with E-state index in [1.807, 2.05) is 30.3 Å². The van der Waals surface area contributed by atoms with Crippen LogP contribution in [0.5, 0.6) is 11.5 Å². The number of nitrogens with two attached hydrogens (primary N) is 1. The number of methoxy groups -OCH3 is 3. The molecule has 0 unspecified atom stereocenters. The van der Waals surface area contributed by atoms with Crippen LogP contribution in [0.4, 0.5) is 0 Å². The Bertz CT molecular complexity index is 1170. The zero-order valence-corrected chi connectivity index (χ0v) is 22.6. The van der Waals surface area contributed by atoms with Gasteiger partial charge in [-0.2, -0.15) is 0 Å². The number of hydrogen-bond donors (Lipinski definition) is 3. The van der Waals surface area contributed by atoms with Crippen LogP contribution in [0.1, 0.15) is 36.8 Å². The molecule has 0 heterocycles. The third-order valence-electron chi connectivity index (χ3n) is 6.97. The average Bonchev–Trinajstić information content (AvgIpc) is 2.93. The van der Waals surface area contributed by atoms with Crippen LogP contribution in [-0.4, -0.2) is 62.2 Å². The Morgan fingerprint density at radius 2 is 1.74 bits per heavy atom. The highest BCUT2D eigenvalue weighted by atomic mass is 16.5. The van der Waals surface area contributed by atoms with Crippen LogP contribution < -0.4 is 20.5 Å². The maximum atomic E-state index is 13.4. The summed E-state index contributed by atoms with van der Waals surface area (Å²) in [6, 6.07) is 13.7. The number of aliphatic imine (C=N–C) groups is 1. The lowest BCUT2D eigenvalue weighted by Crippen LogP contribution is -2.40. The maximum Gasteiger partial charge on any atom is 0.308 e. The number of esters is 1. The van der Waals surface area contributed by atoms with E-state index in [0.29, 0.717) is 36.3 Å². The Morgan fingerprint density at radius 1 is 1.03 bits per heavy atom. The van der Waals surface area contributed by atoms with Gasteiger partial charge in [0, 0.05) is 12.8 Å². The number of ketones is 1. The molecule has 1 saturated carbocycles. The third-order valence-corrected chi connectivity index (χ3v) is 6.97. The number of guanidine groups is 1. The van der Waals surface area contributed by atoms with Gasteiger partial charge in [-0.05, 0) is 48.4 Å². The minimum Gasteiger partial charge on any atom is -0.493 e. The number of nitrogens with zero attached hydrogens (tertiary/aromatic N) is 1. The van der Waals surface area contributed by atoms with Gasteiger partial charge in [0.25, 0.3) is 0 Å². The normalized spacial score (nSPS) is 20.0. The van der Waals surface area contributed by atoms with E-state index < -0.39 is 18.1 Å². The van der Waals surface area contributed by atoms with Crippen LogP contribution in [0, 0.1) is 11.8 Å². The van der Waals surface area contributed by atoms with Gasteiger partial charge in [-0.25, -0.2) is 4.99 Å². The number of aliphatic hydroxyl groups excluding tert-OH is 1. The largest absolute Gasteiger partial charge is 0.493 e.